The van der Waals surface area contributed by atoms with Crippen LogP contribution < -0.4 is 0 Å². The largest absolute Gasteiger partial charge is 0.384 e. The molecule has 1 saturated carbocycles. The number of hydrogen-bond donors (Lipinski definition) is 0. The van der Waals surface area contributed by atoms with Crippen LogP contribution in [0.4, 0.5) is 0 Å². The third kappa shape index (κ3) is 1.66. The fraction of sp³-hybridized carbons (Fsp3) is 1.00. The van der Waals surface area contributed by atoms with Crippen LogP contribution in [0.15, 0.2) is 0 Å². The fourth-order valence-corrected chi connectivity index (χ4v) is 1.12. The normalized spacial score (nSPS) is 22.0. The maximum absolute atomic E-state index is 5.04. The Hall–Kier alpha value is -0.0800. The summed E-state index contributed by atoms with van der Waals surface area (Å²) in [5, 5.41) is 0. The summed E-state index contributed by atoms with van der Waals surface area (Å²) >= 11 is 0. The SMILES string of the molecule is COCC1(COC)CC1. The zero-order valence-electron chi connectivity index (χ0n) is 6.14. The molecule has 0 N–H and O–H groups in total. The minimum Gasteiger partial charge on any atom is -0.384 e. The quantitative estimate of drug-likeness (QED) is 0.566. The van der Waals surface area contributed by atoms with Crippen molar-refractivity contribution in [3.05, 3.63) is 0 Å². The second kappa shape index (κ2) is 2.67. The molecule has 1 aliphatic rings. The predicted molar refractivity (Wildman–Crippen MR) is 35.4 cm³/mol. The molecule has 0 atom stereocenters. The van der Waals surface area contributed by atoms with Crippen molar-refractivity contribution >= 4 is 0 Å². The first-order valence-corrected chi connectivity index (χ1v) is 3.31. The Kier molecular flexibility index (Phi) is 2.09. The molecule has 1 aliphatic carbocycles. The van der Waals surface area contributed by atoms with Gasteiger partial charge in [0, 0.05) is 19.6 Å². The average Bonchev–Trinajstić information content (AvgIpc) is 2.51. The highest BCUT2D eigenvalue weighted by atomic mass is 16.5. The zero-order chi connectivity index (χ0) is 6.74. The van der Waals surface area contributed by atoms with Gasteiger partial charge in [0.25, 0.3) is 0 Å². The molecular formula is C7H14O2. The maximum Gasteiger partial charge on any atom is 0.0540 e. The molecule has 0 unspecified atom stereocenters. The van der Waals surface area contributed by atoms with Crippen LogP contribution in [0.1, 0.15) is 12.8 Å². The van der Waals surface area contributed by atoms with E-state index < -0.39 is 0 Å². The lowest BCUT2D eigenvalue weighted by atomic mass is 10.1. The van der Waals surface area contributed by atoms with Gasteiger partial charge in [0.1, 0.15) is 0 Å². The highest BCUT2D eigenvalue weighted by Gasteiger charge is 2.42. The van der Waals surface area contributed by atoms with E-state index in [9.17, 15) is 0 Å². The molecule has 0 amide bonds. The molecule has 2 heteroatoms. The summed E-state index contributed by atoms with van der Waals surface area (Å²) in [5.74, 6) is 0. The van der Waals surface area contributed by atoms with E-state index in [-0.39, 0.29) is 0 Å². The molecule has 0 aromatic carbocycles. The van der Waals surface area contributed by atoms with E-state index in [1.807, 2.05) is 0 Å². The topological polar surface area (TPSA) is 18.5 Å². The number of methoxy groups -OCH3 is 2. The van der Waals surface area contributed by atoms with Gasteiger partial charge in [-0.2, -0.15) is 0 Å². The summed E-state index contributed by atoms with van der Waals surface area (Å²) < 4.78 is 10.1. The molecule has 0 saturated heterocycles. The Morgan fingerprint density at radius 2 is 1.56 bits per heavy atom. The highest BCUT2D eigenvalue weighted by molar-refractivity contribution is 4.92. The molecular weight excluding hydrogens is 116 g/mol. The summed E-state index contributed by atoms with van der Waals surface area (Å²) in [6, 6.07) is 0. The van der Waals surface area contributed by atoms with Crippen molar-refractivity contribution in [3.8, 4) is 0 Å². The van der Waals surface area contributed by atoms with E-state index in [1.54, 1.807) is 14.2 Å². The Bertz CT molecular complexity index is 78.9. The maximum atomic E-state index is 5.04. The van der Waals surface area contributed by atoms with Crippen molar-refractivity contribution in [2.45, 2.75) is 12.8 Å². The lowest BCUT2D eigenvalue weighted by molar-refractivity contribution is 0.0714. The van der Waals surface area contributed by atoms with Crippen molar-refractivity contribution in [2.24, 2.45) is 5.41 Å². The van der Waals surface area contributed by atoms with Crippen molar-refractivity contribution < 1.29 is 9.47 Å². The van der Waals surface area contributed by atoms with Gasteiger partial charge in [0.05, 0.1) is 13.2 Å². The summed E-state index contributed by atoms with van der Waals surface area (Å²) in [5.41, 5.74) is 0.406. The standard InChI is InChI=1S/C7H14O2/c1-8-5-7(3-4-7)6-9-2/h3-6H2,1-2H3. The van der Waals surface area contributed by atoms with Gasteiger partial charge in [0.2, 0.25) is 0 Å². The van der Waals surface area contributed by atoms with Crippen molar-refractivity contribution in [1.29, 1.82) is 0 Å². The van der Waals surface area contributed by atoms with Gasteiger partial charge in [-0.25, -0.2) is 0 Å². The average molecular weight is 130 g/mol. The minimum atomic E-state index is 0.406. The molecule has 0 heterocycles. The van der Waals surface area contributed by atoms with Crippen LogP contribution in [0.5, 0.6) is 0 Å². The Balaban J connectivity index is 2.17. The summed E-state index contributed by atoms with van der Waals surface area (Å²) in [6.07, 6.45) is 2.54. The number of ether oxygens (including phenoxy) is 2. The molecule has 0 aromatic heterocycles. The molecule has 0 aliphatic heterocycles. The zero-order valence-corrected chi connectivity index (χ0v) is 6.14. The molecule has 0 bridgehead atoms. The third-order valence-electron chi connectivity index (χ3n) is 1.86. The smallest absolute Gasteiger partial charge is 0.0540 e. The van der Waals surface area contributed by atoms with Gasteiger partial charge < -0.3 is 9.47 Å². The Labute approximate surface area is 56.2 Å². The van der Waals surface area contributed by atoms with Gasteiger partial charge in [-0.1, -0.05) is 0 Å². The molecule has 0 aromatic rings. The molecule has 2 nitrogen and oxygen atoms in total. The lowest BCUT2D eigenvalue weighted by Crippen LogP contribution is -2.14. The van der Waals surface area contributed by atoms with Crippen LogP contribution in [-0.4, -0.2) is 27.4 Å². The van der Waals surface area contributed by atoms with E-state index in [0.29, 0.717) is 5.41 Å². The van der Waals surface area contributed by atoms with E-state index >= 15 is 0 Å². The van der Waals surface area contributed by atoms with E-state index in [0.717, 1.165) is 13.2 Å². The highest BCUT2D eigenvalue weighted by Crippen LogP contribution is 2.45. The summed E-state index contributed by atoms with van der Waals surface area (Å²) in [4.78, 5) is 0. The van der Waals surface area contributed by atoms with Crippen LogP contribution in [0.3, 0.4) is 0 Å². The third-order valence-corrected chi connectivity index (χ3v) is 1.86. The molecule has 9 heavy (non-hydrogen) atoms. The summed E-state index contributed by atoms with van der Waals surface area (Å²) in [6.45, 7) is 1.72. The molecule has 1 rings (SSSR count). The second-order valence-electron chi connectivity index (χ2n) is 2.87. The first-order valence-electron chi connectivity index (χ1n) is 3.31. The predicted octanol–water partition coefficient (Wildman–Crippen LogP) is 1.06. The Morgan fingerprint density at radius 1 is 1.11 bits per heavy atom. The van der Waals surface area contributed by atoms with Crippen LogP contribution in [0.25, 0.3) is 0 Å². The van der Waals surface area contributed by atoms with Crippen LogP contribution in [0, 0.1) is 5.41 Å². The Morgan fingerprint density at radius 3 is 1.78 bits per heavy atom. The second-order valence-corrected chi connectivity index (χ2v) is 2.87. The minimum absolute atomic E-state index is 0.406. The molecule has 0 radical (unpaired) electrons. The van der Waals surface area contributed by atoms with Crippen molar-refractivity contribution in [2.75, 3.05) is 27.4 Å². The summed E-state index contributed by atoms with van der Waals surface area (Å²) in [7, 11) is 3.49. The van der Waals surface area contributed by atoms with E-state index in [4.69, 9.17) is 9.47 Å². The lowest BCUT2D eigenvalue weighted by Gasteiger charge is -2.10. The van der Waals surface area contributed by atoms with Crippen LogP contribution in [-0.2, 0) is 9.47 Å². The number of hydrogen-bond acceptors (Lipinski definition) is 2. The van der Waals surface area contributed by atoms with E-state index in [2.05, 4.69) is 0 Å². The number of rotatable bonds is 4. The van der Waals surface area contributed by atoms with Gasteiger partial charge >= 0.3 is 0 Å². The van der Waals surface area contributed by atoms with Gasteiger partial charge in [-0.05, 0) is 12.8 Å². The first-order chi connectivity index (χ1) is 4.33. The van der Waals surface area contributed by atoms with E-state index in [1.165, 1.54) is 12.8 Å². The van der Waals surface area contributed by atoms with Crippen molar-refractivity contribution in [3.63, 3.8) is 0 Å². The van der Waals surface area contributed by atoms with Gasteiger partial charge in [0.15, 0.2) is 0 Å². The van der Waals surface area contributed by atoms with Crippen LogP contribution >= 0.6 is 0 Å². The first kappa shape index (κ1) is 7.03. The van der Waals surface area contributed by atoms with Crippen LogP contribution in [0.2, 0.25) is 0 Å². The monoisotopic (exact) mass is 130 g/mol. The molecule has 54 valence electrons. The fourth-order valence-electron chi connectivity index (χ4n) is 1.12. The van der Waals surface area contributed by atoms with Crippen molar-refractivity contribution in [1.82, 2.24) is 0 Å². The van der Waals surface area contributed by atoms with Gasteiger partial charge in [-0.3, -0.25) is 0 Å². The van der Waals surface area contributed by atoms with Gasteiger partial charge in [-0.15, -0.1) is 0 Å². The molecule has 0 spiro atoms. The molecule has 1 fully saturated rings.